The highest BCUT2D eigenvalue weighted by atomic mass is 19.3. The van der Waals surface area contributed by atoms with E-state index in [2.05, 4.69) is 5.10 Å². The van der Waals surface area contributed by atoms with E-state index in [-0.39, 0.29) is 17.1 Å². The smallest absolute Gasteiger partial charge is 0.258 e. The maximum atomic E-state index is 12.0. The van der Waals surface area contributed by atoms with E-state index in [9.17, 15) is 18.9 Å². The van der Waals surface area contributed by atoms with Gasteiger partial charge in [0.25, 0.3) is 6.43 Å². The molecule has 0 spiro atoms. The zero-order valence-corrected chi connectivity index (χ0v) is 7.70. The lowest BCUT2D eigenvalue weighted by molar-refractivity contribution is -0.386. The Morgan fingerprint density at radius 1 is 1.57 bits per heavy atom. The van der Waals surface area contributed by atoms with Crippen LogP contribution in [0.1, 0.15) is 11.4 Å². The average molecular weight is 205 g/mol. The van der Waals surface area contributed by atoms with Crippen LogP contribution in [0, 0.1) is 24.0 Å². The van der Waals surface area contributed by atoms with E-state index in [4.69, 9.17) is 0 Å². The van der Waals surface area contributed by atoms with E-state index in [1.807, 2.05) is 0 Å². The summed E-state index contributed by atoms with van der Waals surface area (Å²) in [7, 11) is 0. The summed E-state index contributed by atoms with van der Waals surface area (Å²) in [5, 5.41) is 14.2. The van der Waals surface area contributed by atoms with Crippen molar-refractivity contribution in [3.63, 3.8) is 0 Å². The molecule has 0 N–H and O–H groups in total. The molecule has 0 bridgehead atoms. The van der Waals surface area contributed by atoms with Crippen molar-refractivity contribution >= 4 is 5.69 Å². The van der Waals surface area contributed by atoms with Crippen molar-refractivity contribution < 1.29 is 13.7 Å². The Morgan fingerprint density at radius 2 is 2.14 bits per heavy atom. The highest BCUT2D eigenvalue weighted by Crippen LogP contribution is 2.22. The number of nitrogens with zero attached hydrogens (tertiary/aromatic N) is 3. The molecule has 0 aliphatic carbocycles. The number of rotatable bonds is 3. The third kappa shape index (κ3) is 1.86. The molecule has 0 saturated heterocycles. The summed E-state index contributed by atoms with van der Waals surface area (Å²) in [6.45, 7) is 2.22. The first kappa shape index (κ1) is 10.6. The highest BCUT2D eigenvalue weighted by Gasteiger charge is 2.22. The number of aromatic nitrogens is 2. The Bertz CT molecular complexity index is 362. The molecular weight excluding hydrogens is 196 g/mol. The van der Waals surface area contributed by atoms with Gasteiger partial charge in [-0.2, -0.15) is 5.10 Å². The fourth-order valence-corrected chi connectivity index (χ4v) is 1.26. The molecular formula is C7H9F2N3O2. The van der Waals surface area contributed by atoms with Gasteiger partial charge in [0.15, 0.2) is 0 Å². The van der Waals surface area contributed by atoms with Crippen molar-refractivity contribution in [3.05, 3.63) is 21.5 Å². The lowest BCUT2D eigenvalue weighted by Gasteiger charge is -2.00. The van der Waals surface area contributed by atoms with Crippen molar-refractivity contribution in [2.24, 2.45) is 0 Å². The summed E-state index contributed by atoms with van der Waals surface area (Å²) < 4.78 is 25.0. The summed E-state index contributed by atoms with van der Waals surface area (Å²) in [6, 6.07) is 0. The van der Waals surface area contributed by atoms with E-state index < -0.39 is 17.9 Å². The SMILES string of the molecule is Cc1nn(CC(F)F)c(C)c1[N+](=O)[O-]. The molecule has 1 aromatic heterocycles. The summed E-state index contributed by atoms with van der Waals surface area (Å²) in [5.74, 6) is 0. The van der Waals surface area contributed by atoms with Gasteiger partial charge in [-0.15, -0.1) is 0 Å². The molecule has 0 amide bonds. The minimum atomic E-state index is -2.56. The van der Waals surface area contributed by atoms with Gasteiger partial charge in [0, 0.05) is 0 Å². The molecule has 0 radical (unpaired) electrons. The number of hydrogen-bond acceptors (Lipinski definition) is 3. The number of aryl methyl sites for hydroxylation is 1. The van der Waals surface area contributed by atoms with E-state index >= 15 is 0 Å². The van der Waals surface area contributed by atoms with Gasteiger partial charge in [-0.25, -0.2) is 8.78 Å². The van der Waals surface area contributed by atoms with E-state index in [0.29, 0.717) is 0 Å². The van der Waals surface area contributed by atoms with Gasteiger partial charge in [-0.3, -0.25) is 14.8 Å². The predicted octanol–water partition coefficient (Wildman–Crippen LogP) is 1.67. The van der Waals surface area contributed by atoms with Crippen LogP contribution in [0.3, 0.4) is 0 Å². The molecule has 7 heteroatoms. The van der Waals surface area contributed by atoms with Gasteiger partial charge in [0.05, 0.1) is 4.92 Å². The van der Waals surface area contributed by atoms with Crippen molar-refractivity contribution in [3.8, 4) is 0 Å². The van der Waals surface area contributed by atoms with Crippen molar-refractivity contribution in [1.82, 2.24) is 9.78 Å². The number of alkyl halides is 2. The molecule has 1 rings (SSSR count). The Kier molecular flexibility index (Phi) is 2.78. The predicted molar refractivity (Wildman–Crippen MR) is 44.4 cm³/mol. The minimum Gasteiger partial charge on any atom is -0.258 e. The average Bonchev–Trinajstić information content (AvgIpc) is 2.25. The van der Waals surface area contributed by atoms with Gasteiger partial charge < -0.3 is 0 Å². The van der Waals surface area contributed by atoms with Gasteiger partial charge in [0.2, 0.25) is 0 Å². The molecule has 0 saturated carbocycles. The molecule has 0 aliphatic heterocycles. The van der Waals surface area contributed by atoms with Crippen LogP contribution in [0.25, 0.3) is 0 Å². The second kappa shape index (κ2) is 3.69. The number of nitro groups is 1. The highest BCUT2D eigenvalue weighted by molar-refractivity contribution is 5.39. The molecule has 0 fully saturated rings. The summed E-state index contributed by atoms with van der Waals surface area (Å²) in [6.07, 6.45) is -2.56. The normalized spacial score (nSPS) is 10.9. The van der Waals surface area contributed by atoms with Crippen LogP contribution < -0.4 is 0 Å². The quantitative estimate of drug-likeness (QED) is 0.557. The number of hydrogen-bond donors (Lipinski definition) is 0. The number of halogens is 2. The molecule has 78 valence electrons. The zero-order chi connectivity index (χ0) is 10.9. The molecule has 5 nitrogen and oxygen atoms in total. The minimum absolute atomic E-state index is 0.160. The third-order valence-electron chi connectivity index (χ3n) is 1.84. The second-order valence-corrected chi connectivity index (χ2v) is 2.85. The van der Waals surface area contributed by atoms with Gasteiger partial charge in [-0.1, -0.05) is 0 Å². The van der Waals surface area contributed by atoms with Crippen LogP contribution in [0.4, 0.5) is 14.5 Å². The van der Waals surface area contributed by atoms with Gasteiger partial charge in [0.1, 0.15) is 17.9 Å². The Balaban J connectivity index is 3.10. The van der Waals surface area contributed by atoms with Crippen LogP contribution in [0.15, 0.2) is 0 Å². The van der Waals surface area contributed by atoms with Crippen molar-refractivity contribution in [1.29, 1.82) is 0 Å². The van der Waals surface area contributed by atoms with Crippen LogP contribution >= 0.6 is 0 Å². The molecule has 14 heavy (non-hydrogen) atoms. The largest absolute Gasteiger partial charge is 0.312 e. The topological polar surface area (TPSA) is 61.0 Å². The molecule has 1 aromatic rings. The van der Waals surface area contributed by atoms with E-state index in [1.54, 1.807) is 0 Å². The van der Waals surface area contributed by atoms with Gasteiger partial charge >= 0.3 is 5.69 Å². The Labute approximate surface area is 78.5 Å². The Hall–Kier alpha value is -1.53. The fourth-order valence-electron chi connectivity index (χ4n) is 1.26. The maximum Gasteiger partial charge on any atom is 0.312 e. The summed E-state index contributed by atoms with van der Waals surface area (Å²) >= 11 is 0. The molecule has 1 heterocycles. The summed E-state index contributed by atoms with van der Waals surface area (Å²) in [5.41, 5.74) is 0.131. The first-order chi connectivity index (χ1) is 6.43. The van der Waals surface area contributed by atoms with Crippen LogP contribution in [-0.2, 0) is 6.54 Å². The summed E-state index contributed by atoms with van der Waals surface area (Å²) in [4.78, 5) is 9.89. The first-order valence-corrected chi connectivity index (χ1v) is 3.90. The van der Waals surface area contributed by atoms with Crippen molar-refractivity contribution in [2.75, 3.05) is 0 Å². The maximum absolute atomic E-state index is 12.0. The van der Waals surface area contributed by atoms with E-state index in [1.165, 1.54) is 13.8 Å². The molecule has 0 unspecified atom stereocenters. The second-order valence-electron chi connectivity index (χ2n) is 2.85. The van der Waals surface area contributed by atoms with Crippen LogP contribution in [-0.4, -0.2) is 21.1 Å². The molecule has 0 aromatic carbocycles. The monoisotopic (exact) mass is 205 g/mol. The van der Waals surface area contributed by atoms with Crippen LogP contribution in [0.2, 0.25) is 0 Å². The lowest BCUT2D eigenvalue weighted by Crippen LogP contribution is -2.09. The van der Waals surface area contributed by atoms with E-state index in [0.717, 1.165) is 4.68 Å². The lowest BCUT2D eigenvalue weighted by atomic mass is 10.3. The van der Waals surface area contributed by atoms with Crippen LogP contribution in [0.5, 0.6) is 0 Å². The van der Waals surface area contributed by atoms with Gasteiger partial charge in [-0.05, 0) is 13.8 Å². The molecule has 0 atom stereocenters. The Morgan fingerprint density at radius 3 is 2.50 bits per heavy atom. The third-order valence-corrected chi connectivity index (χ3v) is 1.84. The standard InChI is InChI=1S/C7H9F2N3O2/c1-4-7(12(13)14)5(2)11(10-4)3-6(8)9/h6H,3H2,1-2H3. The van der Waals surface area contributed by atoms with Crippen molar-refractivity contribution in [2.45, 2.75) is 26.8 Å². The first-order valence-electron chi connectivity index (χ1n) is 3.90. The molecule has 0 aliphatic rings. The zero-order valence-electron chi connectivity index (χ0n) is 7.70. The fraction of sp³-hybridized carbons (Fsp3) is 0.571.